The summed E-state index contributed by atoms with van der Waals surface area (Å²) in [6.45, 7) is 0.0174. The van der Waals surface area contributed by atoms with Crippen LogP contribution in [-0.2, 0) is 20.9 Å². The molecule has 0 aromatic heterocycles. The molecule has 28 heavy (non-hydrogen) atoms. The standard InChI is InChI=1S/C21H20N2O5/c1-22-19(25)16-8-3-4-9-17(16)23-18(24)10-11-21(22,23)20(26)28-13-14-6-5-7-15(12-14)27-2/h3-9,12H,10-11,13H2,1-2H3/t21-/m1/s1. The number of fused-ring (bicyclic) bond motifs is 3. The monoisotopic (exact) mass is 380 g/mol. The molecule has 0 N–H and O–H groups in total. The Labute approximate surface area is 162 Å². The molecule has 2 aromatic carbocycles. The number of hydrogen-bond donors (Lipinski definition) is 0. The Morgan fingerprint density at radius 3 is 2.71 bits per heavy atom. The lowest BCUT2D eigenvalue weighted by molar-refractivity contribution is -0.157. The van der Waals surface area contributed by atoms with Crippen LogP contribution in [0.2, 0.25) is 0 Å². The molecule has 1 atom stereocenters. The Balaban J connectivity index is 1.67. The molecule has 2 aliphatic rings. The molecule has 1 saturated heterocycles. The molecule has 7 nitrogen and oxygen atoms in total. The molecule has 0 bridgehead atoms. The van der Waals surface area contributed by atoms with Gasteiger partial charge in [-0.2, -0.15) is 0 Å². The van der Waals surface area contributed by atoms with Gasteiger partial charge in [-0.05, 0) is 29.8 Å². The molecule has 2 aromatic rings. The van der Waals surface area contributed by atoms with Gasteiger partial charge in [0.2, 0.25) is 11.6 Å². The zero-order valence-electron chi connectivity index (χ0n) is 15.7. The van der Waals surface area contributed by atoms with Gasteiger partial charge in [-0.25, -0.2) is 4.79 Å². The zero-order valence-corrected chi connectivity index (χ0v) is 15.7. The molecule has 2 aliphatic heterocycles. The number of ether oxygens (including phenoxy) is 2. The number of nitrogens with zero attached hydrogens (tertiary/aromatic N) is 2. The van der Waals surface area contributed by atoms with Crippen LogP contribution < -0.4 is 9.64 Å². The Kier molecular flexibility index (Phi) is 4.30. The van der Waals surface area contributed by atoms with Crippen molar-refractivity contribution in [3.05, 3.63) is 59.7 Å². The summed E-state index contributed by atoms with van der Waals surface area (Å²) in [4.78, 5) is 41.5. The van der Waals surface area contributed by atoms with Crippen LogP contribution >= 0.6 is 0 Å². The first-order chi connectivity index (χ1) is 13.5. The van der Waals surface area contributed by atoms with E-state index in [1.807, 2.05) is 6.07 Å². The first-order valence-electron chi connectivity index (χ1n) is 8.99. The molecule has 0 spiro atoms. The maximum atomic E-state index is 13.2. The van der Waals surface area contributed by atoms with Crippen LogP contribution in [-0.4, -0.2) is 42.5 Å². The second kappa shape index (κ2) is 6.67. The second-order valence-corrected chi connectivity index (χ2v) is 6.85. The van der Waals surface area contributed by atoms with Crippen molar-refractivity contribution in [2.24, 2.45) is 0 Å². The van der Waals surface area contributed by atoms with E-state index in [9.17, 15) is 14.4 Å². The van der Waals surface area contributed by atoms with Gasteiger partial charge in [-0.15, -0.1) is 0 Å². The average Bonchev–Trinajstić information content (AvgIpc) is 3.09. The van der Waals surface area contributed by atoms with Crippen LogP contribution in [0, 0.1) is 0 Å². The summed E-state index contributed by atoms with van der Waals surface area (Å²) in [7, 11) is 3.10. The van der Waals surface area contributed by atoms with Gasteiger partial charge < -0.3 is 14.4 Å². The number of methoxy groups -OCH3 is 1. The van der Waals surface area contributed by atoms with Gasteiger partial charge in [-0.1, -0.05) is 24.3 Å². The fourth-order valence-electron chi connectivity index (χ4n) is 3.92. The third-order valence-electron chi connectivity index (χ3n) is 5.37. The summed E-state index contributed by atoms with van der Waals surface area (Å²) in [6.07, 6.45) is 0.361. The lowest BCUT2D eigenvalue weighted by Gasteiger charge is -2.46. The average molecular weight is 380 g/mol. The molecule has 2 amide bonds. The number of benzene rings is 2. The third kappa shape index (κ3) is 2.54. The van der Waals surface area contributed by atoms with Crippen LogP contribution in [0.1, 0.15) is 28.8 Å². The van der Waals surface area contributed by atoms with Gasteiger partial charge in [0.15, 0.2) is 0 Å². The lowest BCUT2D eigenvalue weighted by atomic mass is 9.97. The normalized spacial score (nSPS) is 20.6. The highest BCUT2D eigenvalue weighted by atomic mass is 16.5. The van der Waals surface area contributed by atoms with Gasteiger partial charge in [0, 0.05) is 19.9 Å². The molecular weight excluding hydrogens is 360 g/mol. The highest BCUT2D eigenvalue weighted by molar-refractivity contribution is 6.15. The molecule has 0 aliphatic carbocycles. The van der Waals surface area contributed by atoms with Crippen LogP contribution in [0.15, 0.2) is 48.5 Å². The summed E-state index contributed by atoms with van der Waals surface area (Å²) >= 11 is 0. The Morgan fingerprint density at radius 2 is 1.93 bits per heavy atom. The molecular formula is C21H20N2O5. The minimum absolute atomic E-state index is 0.0174. The topological polar surface area (TPSA) is 76.1 Å². The van der Waals surface area contributed by atoms with E-state index >= 15 is 0 Å². The van der Waals surface area contributed by atoms with Gasteiger partial charge in [-0.3, -0.25) is 14.5 Å². The molecule has 2 heterocycles. The number of anilines is 1. The number of amides is 2. The van der Waals surface area contributed by atoms with Crippen molar-refractivity contribution < 1.29 is 23.9 Å². The summed E-state index contributed by atoms with van der Waals surface area (Å²) in [5, 5.41) is 0. The predicted octanol–water partition coefficient (Wildman–Crippen LogP) is 2.35. The van der Waals surface area contributed by atoms with E-state index < -0.39 is 11.6 Å². The number of carbonyl (C=O) groups excluding carboxylic acids is 3. The molecule has 0 unspecified atom stereocenters. The quantitative estimate of drug-likeness (QED) is 0.761. The van der Waals surface area contributed by atoms with Crippen molar-refractivity contribution in [1.29, 1.82) is 0 Å². The highest BCUT2D eigenvalue weighted by Crippen LogP contribution is 2.44. The van der Waals surface area contributed by atoms with Gasteiger partial charge in [0.1, 0.15) is 12.4 Å². The summed E-state index contributed by atoms with van der Waals surface area (Å²) in [6, 6.07) is 14.0. The maximum absolute atomic E-state index is 13.2. The smallest absolute Gasteiger partial charge is 0.354 e. The van der Waals surface area contributed by atoms with Gasteiger partial charge in [0.05, 0.1) is 18.4 Å². The van der Waals surface area contributed by atoms with E-state index in [1.165, 1.54) is 16.8 Å². The number of rotatable bonds is 4. The van der Waals surface area contributed by atoms with E-state index in [4.69, 9.17) is 9.47 Å². The lowest BCUT2D eigenvalue weighted by Crippen LogP contribution is -2.67. The van der Waals surface area contributed by atoms with Gasteiger partial charge >= 0.3 is 5.97 Å². The zero-order chi connectivity index (χ0) is 19.9. The van der Waals surface area contributed by atoms with Crippen LogP contribution in [0.5, 0.6) is 5.75 Å². The van der Waals surface area contributed by atoms with Crippen molar-refractivity contribution in [2.75, 3.05) is 19.1 Å². The van der Waals surface area contributed by atoms with Crippen LogP contribution in [0.4, 0.5) is 5.69 Å². The molecule has 4 rings (SSSR count). The van der Waals surface area contributed by atoms with E-state index in [0.717, 1.165) is 5.56 Å². The van der Waals surface area contributed by atoms with E-state index in [1.54, 1.807) is 49.6 Å². The summed E-state index contributed by atoms with van der Waals surface area (Å²) in [5.41, 5.74) is 0.148. The SMILES string of the molecule is COc1cccc(COC(=O)[C@@]23CCC(=O)N2c2ccccc2C(=O)N3C)c1. The fourth-order valence-corrected chi connectivity index (χ4v) is 3.92. The van der Waals surface area contributed by atoms with Crippen molar-refractivity contribution in [1.82, 2.24) is 4.90 Å². The Bertz CT molecular complexity index is 973. The number of carbonyl (C=O) groups is 3. The number of esters is 1. The van der Waals surface area contributed by atoms with Crippen molar-refractivity contribution in [3.63, 3.8) is 0 Å². The largest absolute Gasteiger partial charge is 0.497 e. The Morgan fingerprint density at radius 1 is 1.14 bits per heavy atom. The molecule has 1 fully saturated rings. The molecule has 0 radical (unpaired) electrons. The number of likely N-dealkylation sites (N-methyl/N-ethyl adjacent to an activating group) is 1. The second-order valence-electron chi connectivity index (χ2n) is 6.85. The minimum atomic E-state index is -1.46. The number of hydrogen-bond acceptors (Lipinski definition) is 5. The van der Waals surface area contributed by atoms with E-state index in [0.29, 0.717) is 17.0 Å². The Hall–Kier alpha value is -3.35. The number of para-hydroxylation sites is 1. The molecule has 0 saturated carbocycles. The maximum Gasteiger partial charge on any atom is 0.354 e. The summed E-state index contributed by atoms with van der Waals surface area (Å²) in [5.74, 6) is -0.472. The minimum Gasteiger partial charge on any atom is -0.497 e. The van der Waals surface area contributed by atoms with Crippen molar-refractivity contribution in [3.8, 4) is 5.75 Å². The summed E-state index contributed by atoms with van der Waals surface area (Å²) < 4.78 is 10.8. The van der Waals surface area contributed by atoms with Crippen molar-refractivity contribution in [2.45, 2.75) is 25.1 Å². The molecule has 144 valence electrons. The van der Waals surface area contributed by atoms with E-state index in [2.05, 4.69) is 0 Å². The first-order valence-corrected chi connectivity index (χ1v) is 8.99. The van der Waals surface area contributed by atoms with Crippen LogP contribution in [0.25, 0.3) is 0 Å². The molecule has 7 heteroatoms. The highest BCUT2D eigenvalue weighted by Gasteiger charge is 2.60. The third-order valence-corrected chi connectivity index (χ3v) is 5.37. The van der Waals surface area contributed by atoms with Crippen LogP contribution in [0.3, 0.4) is 0 Å². The fraction of sp³-hybridized carbons (Fsp3) is 0.286. The predicted molar refractivity (Wildman–Crippen MR) is 101 cm³/mol. The van der Waals surface area contributed by atoms with E-state index in [-0.39, 0.29) is 31.3 Å². The van der Waals surface area contributed by atoms with Crippen molar-refractivity contribution >= 4 is 23.5 Å². The van der Waals surface area contributed by atoms with Gasteiger partial charge in [0.25, 0.3) is 5.91 Å². The first kappa shape index (κ1) is 18.0.